The van der Waals surface area contributed by atoms with Crippen molar-refractivity contribution >= 4 is 11.4 Å². The minimum atomic E-state index is -0.422. The number of benzene rings is 1. The largest absolute Gasteiger partial charge is 0.496 e. The average Bonchev–Trinajstić information content (AvgIpc) is 2.91. The maximum absolute atomic E-state index is 11.1. The molecular weight excluding hydrogens is 260 g/mol. The standard InChI is InChI=1S/C13H16N4O3/c1-10(8-16-6-5-14-9-16)15-12-4-3-11(20-2)7-13(12)17(18)19/h3-7,9-10,15H,8H2,1-2H3. The van der Waals surface area contributed by atoms with E-state index in [1.807, 2.05) is 17.7 Å². The monoisotopic (exact) mass is 276 g/mol. The zero-order chi connectivity index (χ0) is 14.5. The molecule has 7 nitrogen and oxygen atoms in total. The predicted molar refractivity (Wildman–Crippen MR) is 75.0 cm³/mol. The zero-order valence-corrected chi connectivity index (χ0v) is 11.3. The SMILES string of the molecule is COc1ccc(NC(C)Cn2ccnc2)c([N+](=O)[O-])c1. The first-order valence-corrected chi connectivity index (χ1v) is 6.15. The third-order valence-corrected chi connectivity index (χ3v) is 2.85. The van der Waals surface area contributed by atoms with Crippen molar-refractivity contribution in [2.45, 2.75) is 19.5 Å². The van der Waals surface area contributed by atoms with Gasteiger partial charge in [0.05, 0.1) is 24.4 Å². The number of imidazole rings is 1. The number of anilines is 1. The number of nitro benzene ring substituents is 1. The van der Waals surface area contributed by atoms with Crippen LogP contribution in [0.25, 0.3) is 0 Å². The van der Waals surface area contributed by atoms with Crippen LogP contribution in [-0.2, 0) is 6.54 Å². The predicted octanol–water partition coefficient (Wildman–Crippen LogP) is 2.30. The second-order valence-electron chi connectivity index (χ2n) is 4.45. The summed E-state index contributed by atoms with van der Waals surface area (Å²) in [5.74, 6) is 0.463. The van der Waals surface area contributed by atoms with E-state index in [4.69, 9.17) is 4.74 Å². The number of aromatic nitrogens is 2. The van der Waals surface area contributed by atoms with E-state index in [0.29, 0.717) is 18.0 Å². The number of hydrogen-bond acceptors (Lipinski definition) is 5. The molecule has 0 aliphatic rings. The Hall–Kier alpha value is -2.57. The van der Waals surface area contributed by atoms with E-state index >= 15 is 0 Å². The molecule has 0 aliphatic heterocycles. The highest BCUT2D eigenvalue weighted by molar-refractivity contribution is 5.64. The van der Waals surface area contributed by atoms with Crippen molar-refractivity contribution in [3.63, 3.8) is 0 Å². The van der Waals surface area contributed by atoms with Crippen LogP contribution in [0.4, 0.5) is 11.4 Å². The first-order chi connectivity index (χ1) is 9.60. The Balaban J connectivity index is 2.13. The minimum absolute atomic E-state index is 0.00170. The molecule has 20 heavy (non-hydrogen) atoms. The summed E-state index contributed by atoms with van der Waals surface area (Å²) in [6, 6.07) is 4.78. The molecule has 2 rings (SSSR count). The smallest absolute Gasteiger partial charge is 0.296 e. The Morgan fingerprint density at radius 2 is 2.35 bits per heavy atom. The third-order valence-electron chi connectivity index (χ3n) is 2.85. The number of hydrogen-bond donors (Lipinski definition) is 1. The van der Waals surface area contributed by atoms with Gasteiger partial charge < -0.3 is 14.6 Å². The lowest BCUT2D eigenvalue weighted by molar-refractivity contribution is -0.384. The molecule has 0 saturated heterocycles. The molecule has 1 aromatic carbocycles. The van der Waals surface area contributed by atoms with E-state index in [1.54, 1.807) is 24.7 Å². The Morgan fingerprint density at radius 3 is 2.95 bits per heavy atom. The van der Waals surface area contributed by atoms with Crippen LogP contribution in [0.15, 0.2) is 36.9 Å². The van der Waals surface area contributed by atoms with Crippen LogP contribution in [0.1, 0.15) is 6.92 Å². The van der Waals surface area contributed by atoms with Gasteiger partial charge in [0.15, 0.2) is 0 Å². The van der Waals surface area contributed by atoms with Gasteiger partial charge >= 0.3 is 0 Å². The van der Waals surface area contributed by atoms with Gasteiger partial charge in [0.2, 0.25) is 0 Å². The van der Waals surface area contributed by atoms with Gasteiger partial charge in [-0.1, -0.05) is 0 Å². The number of nitrogens with one attached hydrogen (secondary N) is 1. The van der Waals surface area contributed by atoms with Crippen LogP contribution in [0.5, 0.6) is 5.75 Å². The molecule has 2 aromatic rings. The zero-order valence-electron chi connectivity index (χ0n) is 11.3. The van der Waals surface area contributed by atoms with Crippen LogP contribution in [-0.4, -0.2) is 27.6 Å². The fraction of sp³-hybridized carbons (Fsp3) is 0.308. The van der Waals surface area contributed by atoms with Gasteiger partial charge in [0, 0.05) is 25.0 Å². The fourth-order valence-electron chi connectivity index (χ4n) is 1.93. The van der Waals surface area contributed by atoms with E-state index in [1.165, 1.54) is 13.2 Å². The number of nitro groups is 1. The summed E-state index contributed by atoms with van der Waals surface area (Å²) in [5.41, 5.74) is 0.477. The second kappa shape index (κ2) is 6.05. The molecule has 1 unspecified atom stereocenters. The first kappa shape index (κ1) is 13.9. The van der Waals surface area contributed by atoms with Gasteiger partial charge in [-0.2, -0.15) is 0 Å². The molecular formula is C13H16N4O3. The van der Waals surface area contributed by atoms with Crippen molar-refractivity contribution in [3.05, 3.63) is 47.0 Å². The molecule has 0 bridgehead atoms. The summed E-state index contributed by atoms with van der Waals surface area (Å²) in [7, 11) is 1.48. The van der Waals surface area contributed by atoms with E-state index in [9.17, 15) is 10.1 Å². The molecule has 0 fully saturated rings. The lowest BCUT2D eigenvalue weighted by Crippen LogP contribution is -2.21. The fourth-order valence-corrected chi connectivity index (χ4v) is 1.93. The highest BCUT2D eigenvalue weighted by atomic mass is 16.6. The number of ether oxygens (including phenoxy) is 1. The molecule has 106 valence electrons. The molecule has 1 N–H and O–H groups in total. The van der Waals surface area contributed by atoms with Crippen LogP contribution in [0.2, 0.25) is 0 Å². The van der Waals surface area contributed by atoms with E-state index in [2.05, 4.69) is 10.3 Å². The molecule has 0 amide bonds. The van der Waals surface area contributed by atoms with Gasteiger partial charge in [-0.3, -0.25) is 10.1 Å². The maximum atomic E-state index is 11.1. The number of rotatable bonds is 6. The second-order valence-corrected chi connectivity index (χ2v) is 4.45. The first-order valence-electron chi connectivity index (χ1n) is 6.15. The average molecular weight is 276 g/mol. The summed E-state index contributed by atoms with van der Waals surface area (Å²) in [6.45, 7) is 2.62. The highest BCUT2D eigenvalue weighted by Crippen LogP contribution is 2.29. The van der Waals surface area contributed by atoms with Gasteiger partial charge in [0.1, 0.15) is 11.4 Å². The normalized spacial score (nSPS) is 11.9. The lowest BCUT2D eigenvalue weighted by atomic mass is 10.2. The summed E-state index contributed by atoms with van der Waals surface area (Å²) < 4.78 is 6.92. The van der Waals surface area contributed by atoms with Crippen molar-refractivity contribution in [2.75, 3.05) is 12.4 Å². The Kier molecular flexibility index (Phi) is 4.19. The van der Waals surface area contributed by atoms with Gasteiger partial charge in [-0.25, -0.2) is 4.98 Å². The third kappa shape index (κ3) is 3.25. The molecule has 0 radical (unpaired) electrons. The maximum Gasteiger partial charge on any atom is 0.296 e. The van der Waals surface area contributed by atoms with E-state index < -0.39 is 4.92 Å². The van der Waals surface area contributed by atoms with E-state index in [-0.39, 0.29) is 11.7 Å². The van der Waals surface area contributed by atoms with Crippen LogP contribution >= 0.6 is 0 Å². The van der Waals surface area contributed by atoms with Crippen molar-refractivity contribution in [3.8, 4) is 5.75 Å². The van der Waals surface area contributed by atoms with Crippen LogP contribution in [0.3, 0.4) is 0 Å². The highest BCUT2D eigenvalue weighted by Gasteiger charge is 2.16. The summed E-state index contributed by atoms with van der Waals surface area (Å²) in [5, 5.41) is 14.2. The Morgan fingerprint density at radius 1 is 1.55 bits per heavy atom. The molecule has 0 spiro atoms. The van der Waals surface area contributed by atoms with E-state index in [0.717, 1.165) is 0 Å². The molecule has 1 atom stereocenters. The van der Waals surface area contributed by atoms with Crippen LogP contribution < -0.4 is 10.1 Å². The summed E-state index contributed by atoms with van der Waals surface area (Å²) >= 11 is 0. The molecule has 0 aliphatic carbocycles. The molecule has 7 heteroatoms. The molecule has 1 aromatic heterocycles. The quantitative estimate of drug-likeness (QED) is 0.646. The Labute approximate surface area is 116 Å². The van der Waals surface area contributed by atoms with Gasteiger partial charge in [-0.15, -0.1) is 0 Å². The molecule has 1 heterocycles. The topological polar surface area (TPSA) is 82.2 Å². The van der Waals surface area contributed by atoms with Crippen molar-refractivity contribution in [2.24, 2.45) is 0 Å². The van der Waals surface area contributed by atoms with Gasteiger partial charge in [0.25, 0.3) is 5.69 Å². The van der Waals surface area contributed by atoms with Gasteiger partial charge in [-0.05, 0) is 19.1 Å². The van der Waals surface area contributed by atoms with Crippen molar-refractivity contribution < 1.29 is 9.66 Å². The molecule has 0 saturated carbocycles. The lowest BCUT2D eigenvalue weighted by Gasteiger charge is -2.16. The minimum Gasteiger partial charge on any atom is -0.496 e. The summed E-state index contributed by atoms with van der Waals surface area (Å²) in [4.78, 5) is 14.6. The Bertz CT molecular complexity index is 583. The number of nitrogens with zero attached hydrogens (tertiary/aromatic N) is 3. The van der Waals surface area contributed by atoms with Crippen LogP contribution in [0, 0.1) is 10.1 Å². The number of methoxy groups -OCH3 is 1. The van der Waals surface area contributed by atoms with Crippen molar-refractivity contribution in [1.29, 1.82) is 0 Å². The van der Waals surface area contributed by atoms with Crippen molar-refractivity contribution in [1.82, 2.24) is 9.55 Å². The summed E-state index contributed by atoms with van der Waals surface area (Å²) in [6.07, 6.45) is 5.25.